The molecule has 0 bridgehead atoms. The van der Waals surface area contributed by atoms with Gasteiger partial charge in [-0.2, -0.15) is 11.8 Å². The Morgan fingerprint density at radius 3 is 2.88 bits per heavy atom. The molecule has 0 aromatic heterocycles. The molecule has 1 aliphatic heterocycles. The number of hydrogen-bond donors (Lipinski definition) is 1. The molecule has 4 nitrogen and oxygen atoms in total. The van der Waals surface area contributed by atoms with Crippen LogP contribution in [-0.4, -0.2) is 40.4 Å². The molecule has 0 aromatic carbocycles. The zero-order chi connectivity index (χ0) is 12.4. The van der Waals surface area contributed by atoms with Crippen LogP contribution in [0.4, 0.5) is 4.79 Å². The average molecular weight is 256 g/mol. The van der Waals surface area contributed by atoms with Gasteiger partial charge in [-0.25, -0.2) is 4.79 Å². The Labute approximate surface area is 106 Å². The molecule has 3 unspecified atom stereocenters. The maximum Gasteiger partial charge on any atom is 0.324 e. The highest BCUT2D eigenvalue weighted by Gasteiger charge is 2.37. The van der Waals surface area contributed by atoms with Crippen molar-refractivity contribution in [3.05, 3.63) is 0 Å². The highest BCUT2D eigenvalue weighted by molar-refractivity contribution is 7.99. The molecular weight excluding hydrogens is 236 g/mol. The summed E-state index contributed by atoms with van der Waals surface area (Å²) in [6.45, 7) is 4.63. The number of urea groups is 1. The maximum absolute atomic E-state index is 11.8. The molecule has 0 aromatic rings. The highest BCUT2D eigenvalue weighted by atomic mass is 32.2. The summed E-state index contributed by atoms with van der Waals surface area (Å²) in [4.78, 5) is 25.0. The van der Waals surface area contributed by atoms with Crippen molar-refractivity contribution in [1.29, 1.82) is 0 Å². The highest BCUT2D eigenvalue weighted by Crippen LogP contribution is 2.33. The van der Waals surface area contributed by atoms with Crippen LogP contribution in [0.5, 0.6) is 0 Å². The predicted molar refractivity (Wildman–Crippen MR) is 69.0 cm³/mol. The number of carbonyl (C=O) groups is 2. The van der Waals surface area contributed by atoms with Gasteiger partial charge in [-0.3, -0.25) is 10.1 Å². The summed E-state index contributed by atoms with van der Waals surface area (Å²) in [7, 11) is 0. The summed E-state index contributed by atoms with van der Waals surface area (Å²) < 4.78 is 0. The third-order valence-corrected chi connectivity index (χ3v) is 4.84. The Kier molecular flexibility index (Phi) is 3.97. The van der Waals surface area contributed by atoms with E-state index in [1.807, 2.05) is 23.6 Å². The molecule has 0 spiro atoms. The van der Waals surface area contributed by atoms with Crippen molar-refractivity contribution < 1.29 is 9.59 Å². The molecule has 3 amide bonds. The molecule has 1 aliphatic carbocycles. The van der Waals surface area contributed by atoms with E-state index in [9.17, 15) is 9.59 Å². The number of thioether (sulfide) groups is 1. The van der Waals surface area contributed by atoms with Gasteiger partial charge in [0.05, 0.1) is 5.92 Å². The van der Waals surface area contributed by atoms with Crippen molar-refractivity contribution >= 4 is 23.7 Å². The molecule has 2 fully saturated rings. The third-order valence-electron chi connectivity index (χ3n) is 3.61. The molecule has 5 heteroatoms. The lowest BCUT2D eigenvalue weighted by Gasteiger charge is -2.35. The quantitative estimate of drug-likeness (QED) is 0.838. The molecule has 0 radical (unpaired) electrons. The van der Waals surface area contributed by atoms with E-state index in [4.69, 9.17) is 0 Å². The second kappa shape index (κ2) is 5.29. The average Bonchev–Trinajstić information content (AvgIpc) is 2.72. The van der Waals surface area contributed by atoms with Crippen LogP contribution in [0.15, 0.2) is 0 Å². The molecule has 1 heterocycles. The van der Waals surface area contributed by atoms with Gasteiger partial charge in [-0.05, 0) is 25.0 Å². The van der Waals surface area contributed by atoms with E-state index in [0.717, 1.165) is 18.6 Å². The number of imide groups is 1. The van der Waals surface area contributed by atoms with Gasteiger partial charge >= 0.3 is 6.03 Å². The van der Waals surface area contributed by atoms with Crippen LogP contribution in [0.3, 0.4) is 0 Å². The Morgan fingerprint density at radius 1 is 1.41 bits per heavy atom. The molecule has 2 rings (SSSR count). The van der Waals surface area contributed by atoms with Crippen molar-refractivity contribution in [1.82, 2.24) is 10.2 Å². The minimum absolute atomic E-state index is 0.0782. The standard InChI is InChI=1S/C12H20N2O2S/c1-3-17-10-5-4-9(6-10)14-7-8(2)11(15)13-12(14)16/h8-10H,3-7H2,1-2H3,(H,13,15,16). The third kappa shape index (κ3) is 2.76. The summed E-state index contributed by atoms with van der Waals surface area (Å²) in [5.41, 5.74) is 0. The number of nitrogens with one attached hydrogen (secondary N) is 1. The van der Waals surface area contributed by atoms with Crippen molar-refractivity contribution in [2.45, 2.75) is 44.4 Å². The summed E-state index contributed by atoms with van der Waals surface area (Å²) in [5.74, 6) is 0.924. The Balaban J connectivity index is 1.94. The summed E-state index contributed by atoms with van der Waals surface area (Å²) >= 11 is 1.98. The lowest BCUT2D eigenvalue weighted by atomic mass is 10.1. The molecule has 1 saturated heterocycles. The van der Waals surface area contributed by atoms with E-state index >= 15 is 0 Å². The smallest absolute Gasteiger partial charge is 0.321 e. The van der Waals surface area contributed by atoms with Crippen molar-refractivity contribution in [3.63, 3.8) is 0 Å². The van der Waals surface area contributed by atoms with Crippen LogP contribution in [0.25, 0.3) is 0 Å². The van der Waals surface area contributed by atoms with E-state index in [1.165, 1.54) is 6.42 Å². The van der Waals surface area contributed by atoms with E-state index in [2.05, 4.69) is 12.2 Å². The van der Waals surface area contributed by atoms with Gasteiger partial charge in [0, 0.05) is 17.8 Å². The van der Waals surface area contributed by atoms with Crippen LogP contribution >= 0.6 is 11.8 Å². The minimum Gasteiger partial charge on any atom is -0.321 e. The molecule has 1 saturated carbocycles. The van der Waals surface area contributed by atoms with Gasteiger partial charge < -0.3 is 4.90 Å². The van der Waals surface area contributed by atoms with Crippen LogP contribution in [0.2, 0.25) is 0 Å². The van der Waals surface area contributed by atoms with Gasteiger partial charge in [0.25, 0.3) is 0 Å². The molecule has 2 aliphatic rings. The zero-order valence-corrected chi connectivity index (χ0v) is 11.3. The van der Waals surface area contributed by atoms with Crippen LogP contribution in [-0.2, 0) is 4.79 Å². The lowest BCUT2D eigenvalue weighted by Crippen LogP contribution is -2.56. The van der Waals surface area contributed by atoms with Gasteiger partial charge in [-0.15, -0.1) is 0 Å². The van der Waals surface area contributed by atoms with Crippen molar-refractivity contribution in [2.24, 2.45) is 5.92 Å². The molecular formula is C12H20N2O2S. The van der Waals surface area contributed by atoms with Crippen LogP contribution in [0, 0.1) is 5.92 Å². The maximum atomic E-state index is 11.8. The van der Waals surface area contributed by atoms with E-state index in [-0.39, 0.29) is 17.9 Å². The number of nitrogens with zero attached hydrogens (tertiary/aromatic N) is 1. The van der Waals surface area contributed by atoms with Crippen LogP contribution < -0.4 is 5.32 Å². The van der Waals surface area contributed by atoms with Crippen molar-refractivity contribution in [2.75, 3.05) is 12.3 Å². The topological polar surface area (TPSA) is 49.4 Å². The number of amides is 3. The first-order valence-electron chi connectivity index (χ1n) is 6.35. The first-order valence-corrected chi connectivity index (χ1v) is 7.39. The summed E-state index contributed by atoms with van der Waals surface area (Å²) in [5, 5.41) is 3.13. The molecule has 17 heavy (non-hydrogen) atoms. The monoisotopic (exact) mass is 256 g/mol. The SMILES string of the molecule is CCSC1CCC(N2CC(C)C(=O)NC2=O)C1. The summed E-state index contributed by atoms with van der Waals surface area (Å²) in [6, 6.07) is 0.134. The first-order chi connectivity index (χ1) is 8.11. The normalized spacial score (nSPS) is 34.0. The van der Waals surface area contributed by atoms with E-state index in [1.54, 1.807) is 0 Å². The minimum atomic E-state index is -0.194. The van der Waals surface area contributed by atoms with Crippen molar-refractivity contribution in [3.8, 4) is 0 Å². The Morgan fingerprint density at radius 2 is 2.18 bits per heavy atom. The Hall–Kier alpha value is -0.710. The predicted octanol–water partition coefficient (Wildman–Crippen LogP) is 1.85. The van der Waals surface area contributed by atoms with Gasteiger partial charge in [0.2, 0.25) is 5.91 Å². The number of hydrogen-bond acceptors (Lipinski definition) is 3. The van der Waals surface area contributed by atoms with Crippen LogP contribution in [0.1, 0.15) is 33.1 Å². The molecule has 1 N–H and O–H groups in total. The van der Waals surface area contributed by atoms with E-state index in [0.29, 0.717) is 17.8 Å². The largest absolute Gasteiger partial charge is 0.324 e. The molecule has 96 valence electrons. The van der Waals surface area contributed by atoms with Gasteiger partial charge in [0.1, 0.15) is 0 Å². The summed E-state index contributed by atoms with van der Waals surface area (Å²) in [6.07, 6.45) is 3.34. The number of carbonyl (C=O) groups excluding carboxylic acids is 2. The van der Waals surface area contributed by atoms with Gasteiger partial charge in [0.15, 0.2) is 0 Å². The fourth-order valence-corrected chi connectivity index (χ4v) is 3.80. The first kappa shape index (κ1) is 12.7. The number of rotatable bonds is 3. The van der Waals surface area contributed by atoms with E-state index < -0.39 is 0 Å². The Bertz CT molecular complexity index is 322. The second-order valence-electron chi connectivity index (χ2n) is 4.89. The zero-order valence-electron chi connectivity index (χ0n) is 10.4. The van der Waals surface area contributed by atoms with Gasteiger partial charge in [-0.1, -0.05) is 13.8 Å². The molecule has 3 atom stereocenters. The lowest BCUT2D eigenvalue weighted by molar-refractivity contribution is -0.125. The second-order valence-corrected chi connectivity index (χ2v) is 6.47. The fourth-order valence-electron chi connectivity index (χ4n) is 2.66. The fraction of sp³-hybridized carbons (Fsp3) is 0.833.